The summed E-state index contributed by atoms with van der Waals surface area (Å²) in [6.45, 7) is 0.266. The van der Waals surface area contributed by atoms with Crippen LogP contribution in [0.4, 0.5) is 8.78 Å². The molecule has 3 N–H and O–H groups in total. The first-order valence-electron chi connectivity index (χ1n) is 6.59. The summed E-state index contributed by atoms with van der Waals surface area (Å²) in [6.07, 6.45) is 0.335. The van der Waals surface area contributed by atoms with Gasteiger partial charge in [-0.25, -0.2) is 8.78 Å². The van der Waals surface area contributed by atoms with Gasteiger partial charge >= 0.3 is 0 Å². The number of rotatable bonds is 5. The Morgan fingerprint density at radius 2 is 1.71 bits per heavy atom. The van der Waals surface area contributed by atoms with E-state index >= 15 is 0 Å². The van der Waals surface area contributed by atoms with Crippen LogP contribution >= 0.6 is 0 Å². The summed E-state index contributed by atoms with van der Waals surface area (Å²) in [4.78, 5) is 11.9. The maximum Gasteiger partial charge on any atom is 0.241 e. The highest BCUT2D eigenvalue weighted by Gasteiger charge is 2.14. The number of nitrogens with two attached hydrogens (primary N) is 1. The minimum absolute atomic E-state index is 0.266. The first kappa shape index (κ1) is 15.1. The lowest BCUT2D eigenvalue weighted by atomic mass is 10.1. The van der Waals surface area contributed by atoms with Crippen molar-refractivity contribution in [2.24, 2.45) is 5.73 Å². The molecule has 0 saturated carbocycles. The lowest BCUT2D eigenvalue weighted by Crippen LogP contribution is -2.35. The van der Waals surface area contributed by atoms with Gasteiger partial charge in [-0.1, -0.05) is 30.3 Å². The summed E-state index contributed by atoms with van der Waals surface area (Å²) in [5, 5.41) is 2.66. The Balaban J connectivity index is 1.87. The molecule has 0 aliphatic carbocycles. The van der Waals surface area contributed by atoms with Crippen LogP contribution in [-0.4, -0.2) is 12.5 Å². The number of hydrogen-bond acceptors (Lipinski definition) is 2. The third-order valence-corrected chi connectivity index (χ3v) is 3.08. The fraction of sp³-hybridized carbons (Fsp3) is 0.188. The molecule has 0 saturated heterocycles. The van der Waals surface area contributed by atoms with Crippen LogP contribution in [0.15, 0.2) is 48.5 Å². The molecule has 0 bridgehead atoms. The summed E-state index contributed by atoms with van der Waals surface area (Å²) in [7, 11) is 0. The number of hydrogen-bond donors (Lipinski definition) is 2. The van der Waals surface area contributed by atoms with Crippen molar-refractivity contribution in [2.75, 3.05) is 6.54 Å². The van der Waals surface area contributed by atoms with Crippen LogP contribution in [0, 0.1) is 11.6 Å². The number of nitrogens with one attached hydrogen (secondary N) is 1. The molecule has 1 atom stereocenters. The van der Waals surface area contributed by atoms with Gasteiger partial charge in [0.05, 0.1) is 0 Å². The zero-order valence-corrected chi connectivity index (χ0v) is 11.4. The Morgan fingerprint density at radius 3 is 2.33 bits per heavy atom. The first-order chi connectivity index (χ1) is 10.1. The van der Waals surface area contributed by atoms with E-state index in [1.54, 1.807) is 24.3 Å². The number of carbonyl (C=O) groups is 1. The number of carbonyl (C=O) groups excluding carboxylic acids is 1. The molecule has 1 amide bonds. The predicted molar refractivity (Wildman–Crippen MR) is 76.4 cm³/mol. The third-order valence-electron chi connectivity index (χ3n) is 3.08. The monoisotopic (exact) mass is 290 g/mol. The molecule has 5 heteroatoms. The van der Waals surface area contributed by atoms with Crippen LogP contribution in [-0.2, 0) is 11.2 Å². The predicted octanol–water partition coefficient (Wildman–Crippen LogP) is 2.32. The van der Waals surface area contributed by atoms with Crippen molar-refractivity contribution in [3.63, 3.8) is 0 Å². The van der Waals surface area contributed by atoms with Gasteiger partial charge in [0.2, 0.25) is 5.91 Å². The molecule has 0 radical (unpaired) electrons. The highest BCUT2D eigenvalue weighted by Crippen LogP contribution is 2.10. The minimum atomic E-state index is -0.754. The molecule has 2 aromatic carbocycles. The van der Waals surface area contributed by atoms with Gasteiger partial charge in [-0.05, 0) is 29.7 Å². The SMILES string of the molecule is N[C@H](C(=O)NCCc1cc(F)cc(F)c1)c1ccccc1. The molecule has 0 aliphatic heterocycles. The molecule has 0 fully saturated rings. The molecular weight excluding hydrogens is 274 g/mol. The van der Waals surface area contributed by atoms with E-state index in [-0.39, 0.29) is 12.5 Å². The average Bonchev–Trinajstić information content (AvgIpc) is 2.46. The smallest absolute Gasteiger partial charge is 0.241 e. The number of amides is 1. The van der Waals surface area contributed by atoms with Crippen molar-refractivity contribution in [3.8, 4) is 0 Å². The zero-order valence-electron chi connectivity index (χ0n) is 11.4. The van der Waals surface area contributed by atoms with Crippen molar-refractivity contribution in [1.29, 1.82) is 0 Å². The average molecular weight is 290 g/mol. The van der Waals surface area contributed by atoms with Gasteiger partial charge in [0.1, 0.15) is 17.7 Å². The summed E-state index contributed by atoms with van der Waals surface area (Å²) in [5.74, 6) is -1.58. The van der Waals surface area contributed by atoms with Gasteiger partial charge in [-0.3, -0.25) is 4.79 Å². The van der Waals surface area contributed by atoms with Gasteiger partial charge in [-0.15, -0.1) is 0 Å². The highest BCUT2D eigenvalue weighted by molar-refractivity contribution is 5.82. The Morgan fingerprint density at radius 1 is 1.10 bits per heavy atom. The fourth-order valence-corrected chi connectivity index (χ4v) is 2.01. The van der Waals surface area contributed by atoms with Crippen molar-refractivity contribution in [3.05, 3.63) is 71.3 Å². The van der Waals surface area contributed by atoms with Gasteiger partial charge < -0.3 is 11.1 Å². The summed E-state index contributed by atoms with van der Waals surface area (Å²) >= 11 is 0. The standard InChI is InChI=1S/C16H16F2N2O/c17-13-8-11(9-14(18)10-13)6-7-20-16(21)15(19)12-4-2-1-3-5-12/h1-5,8-10,15H,6-7,19H2,(H,20,21)/t15-/m0/s1. The van der Waals surface area contributed by atoms with Gasteiger partial charge in [0, 0.05) is 12.6 Å². The molecule has 0 aromatic heterocycles. The second-order valence-electron chi connectivity index (χ2n) is 4.71. The van der Waals surface area contributed by atoms with Crippen LogP contribution in [0.2, 0.25) is 0 Å². The second kappa shape index (κ2) is 6.95. The maximum atomic E-state index is 13.0. The molecule has 0 unspecified atom stereocenters. The molecule has 110 valence electrons. The number of halogens is 2. The van der Waals surface area contributed by atoms with E-state index < -0.39 is 17.7 Å². The Hall–Kier alpha value is -2.27. The molecular formula is C16H16F2N2O. The first-order valence-corrected chi connectivity index (χ1v) is 6.59. The fourth-order valence-electron chi connectivity index (χ4n) is 2.01. The molecule has 0 spiro atoms. The number of benzene rings is 2. The largest absolute Gasteiger partial charge is 0.354 e. The zero-order chi connectivity index (χ0) is 15.2. The lowest BCUT2D eigenvalue weighted by molar-refractivity contribution is -0.122. The molecule has 0 aliphatic rings. The molecule has 0 heterocycles. The van der Waals surface area contributed by atoms with Crippen LogP contribution in [0.5, 0.6) is 0 Å². The normalized spacial score (nSPS) is 12.0. The van der Waals surface area contributed by atoms with E-state index in [9.17, 15) is 13.6 Å². The summed E-state index contributed by atoms with van der Waals surface area (Å²) in [5.41, 5.74) is 7.04. The lowest BCUT2D eigenvalue weighted by Gasteiger charge is -2.12. The topological polar surface area (TPSA) is 55.1 Å². The van der Waals surface area contributed by atoms with Crippen LogP contribution in [0.25, 0.3) is 0 Å². The third kappa shape index (κ3) is 4.36. The van der Waals surface area contributed by atoms with E-state index in [4.69, 9.17) is 5.73 Å². The molecule has 2 aromatic rings. The van der Waals surface area contributed by atoms with Crippen LogP contribution in [0.3, 0.4) is 0 Å². The molecule has 21 heavy (non-hydrogen) atoms. The van der Waals surface area contributed by atoms with Crippen molar-refractivity contribution in [1.82, 2.24) is 5.32 Å². The van der Waals surface area contributed by atoms with Crippen molar-refractivity contribution < 1.29 is 13.6 Å². The van der Waals surface area contributed by atoms with Gasteiger partial charge in [0.15, 0.2) is 0 Å². The van der Waals surface area contributed by atoms with Gasteiger partial charge in [-0.2, -0.15) is 0 Å². The van der Waals surface area contributed by atoms with Crippen molar-refractivity contribution >= 4 is 5.91 Å². The van der Waals surface area contributed by atoms with E-state index in [2.05, 4.69) is 5.32 Å². The van der Waals surface area contributed by atoms with E-state index in [1.165, 1.54) is 12.1 Å². The van der Waals surface area contributed by atoms with E-state index in [0.717, 1.165) is 6.07 Å². The summed E-state index contributed by atoms with van der Waals surface area (Å²) in [6, 6.07) is 11.5. The van der Waals surface area contributed by atoms with Crippen molar-refractivity contribution in [2.45, 2.75) is 12.5 Å². The maximum absolute atomic E-state index is 13.0. The van der Waals surface area contributed by atoms with Crippen LogP contribution in [0.1, 0.15) is 17.2 Å². The Kier molecular flexibility index (Phi) is 5.00. The second-order valence-corrected chi connectivity index (χ2v) is 4.71. The van der Waals surface area contributed by atoms with Crippen LogP contribution < -0.4 is 11.1 Å². The molecule has 2 rings (SSSR count). The Labute approximate surface area is 121 Å². The molecule has 3 nitrogen and oxygen atoms in total. The van der Waals surface area contributed by atoms with E-state index in [0.29, 0.717) is 17.5 Å². The summed E-state index contributed by atoms with van der Waals surface area (Å²) < 4.78 is 26.0. The van der Waals surface area contributed by atoms with E-state index in [1.807, 2.05) is 6.07 Å². The van der Waals surface area contributed by atoms with Gasteiger partial charge in [0.25, 0.3) is 0 Å². The quantitative estimate of drug-likeness (QED) is 0.888. The Bertz CT molecular complexity index is 597. The highest BCUT2D eigenvalue weighted by atomic mass is 19.1. The minimum Gasteiger partial charge on any atom is -0.354 e.